The Balaban J connectivity index is 1.66. The van der Waals surface area contributed by atoms with E-state index < -0.39 is 0 Å². The maximum absolute atomic E-state index is 12.0. The lowest BCUT2D eigenvalue weighted by atomic mass is 10.0. The van der Waals surface area contributed by atoms with Crippen molar-refractivity contribution in [1.29, 1.82) is 0 Å². The molecule has 1 saturated heterocycles. The van der Waals surface area contributed by atoms with E-state index in [9.17, 15) is 4.79 Å². The number of carbonyl (C=O) groups excluding carboxylic acids is 1. The Morgan fingerprint density at radius 2 is 1.86 bits per heavy atom. The summed E-state index contributed by atoms with van der Waals surface area (Å²) in [6.45, 7) is 10.5. The van der Waals surface area contributed by atoms with Crippen molar-refractivity contribution < 1.29 is 4.79 Å². The smallest absolute Gasteiger partial charge is 0.315 e. The van der Waals surface area contributed by atoms with Crippen LogP contribution in [0.15, 0.2) is 24.3 Å². The predicted molar refractivity (Wildman–Crippen MR) is 90.9 cm³/mol. The highest BCUT2D eigenvalue weighted by atomic mass is 16.2. The number of likely N-dealkylation sites (tertiary alicyclic amines) is 1. The van der Waals surface area contributed by atoms with Crippen molar-refractivity contribution in [3.05, 3.63) is 35.4 Å². The summed E-state index contributed by atoms with van der Waals surface area (Å²) in [5.74, 6) is 0.710. The maximum Gasteiger partial charge on any atom is 0.315 e. The van der Waals surface area contributed by atoms with E-state index in [4.69, 9.17) is 0 Å². The van der Waals surface area contributed by atoms with Gasteiger partial charge in [-0.1, -0.05) is 43.7 Å². The fraction of sp³-hybridized carbons (Fsp3) is 0.611. The standard InChI is InChI=1S/C18H29N3O/c1-14(2)13-21-10-8-17(9-11-21)20-18(22)19-12-16-6-4-15(3)5-7-16/h4-7,14,17H,8-13H2,1-3H3,(H2,19,20,22). The minimum Gasteiger partial charge on any atom is -0.335 e. The van der Waals surface area contributed by atoms with Gasteiger partial charge in [0.2, 0.25) is 0 Å². The van der Waals surface area contributed by atoms with Gasteiger partial charge in [0.05, 0.1) is 0 Å². The number of nitrogens with one attached hydrogen (secondary N) is 2. The van der Waals surface area contributed by atoms with Crippen LogP contribution in [0.1, 0.15) is 37.8 Å². The molecule has 2 amide bonds. The summed E-state index contributed by atoms with van der Waals surface area (Å²) < 4.78 is 0. The number of urea groups is 1. The molecule has 1 aliphatic rings. The maximum atomic E-state index is 12.0. The van der Waals surface area contributed by atoms with Gasteiger partial charge in [0.15, 0.2) is 0 Å². The van der Waals surface area contributed by atoms with Crippen LogP contribution in [0, 0.1) is 12.8 Å². The highest BCUT2D eigenvalue weighted by Gasteiger charge is 2.20. The number of amides is 2. The van der Waals surface area contributed by atoms with E-state index >= 15 is 0 Å². The molecule has 2 N–H and O–H groups in total. The molecule has 1 fully saturated rings. The van der Waals surface area contributed by atoms with Crippen LogP contribution in [0.25, 0.3) is 0 Å². The topological polar surface area (TPSA) is 44.4 Å². The molecule has 4 nitrogen and oxygen atoms in total. The number of hydrogen-bond donors (Lipinski definition) is 2. The molecule has 1 aromatic carbocycles. The van der Waals surface area contributed by atoms with Crippen molar-refractivity contribution in [3.8, 4) is 0 Å². The predicted octanol–water partition coefficient (Wildman–Crippen LogP) is 2.91. The van der Waals surface area contributed by atoms with Gasteiger partial charge in [-0.05, 0) is 31.2 Å². The summed E-state index contributed by atoms with van der Waals surface area (Å²) in [5, 5.41) is 6.04. The van der Waals surface area contributed by atoms with Gasteiger partial charge < -0.3 is 15.5 Å². The number of benzene rings is 1. The van der Waals surface area contributed by atoms with E-state index in [1.165, 1.54) is 5.56 Å². The van der Waals surface area contributed by atoms with Crippen molar-refractivity contribution in [2.45, 2.75) is 46.2 Å². The van der Waals surface area contributed by atoms with Crippen molar-refractivity contribution in [1.82, 2.24) is 15.5 Å². The first-order chi connectivity index (χ1) is 10.5. The first-order valence-electron chi connectivity index (χ1n) is 8.35. The molecule has 0 aromatic heterocycles. The van der Waals surface area contributed by atoms with Gasteiger partial charge in [0.25, 0.3) is 0 Å². The monoisotopic (exact) mass is 303 g/mol. The van der Waals surface area contributed by atoms with Crippen LogP contribution in [0.4, 0.5) is 4.79 Å². The van der Waals surface area contributed by atoms with Crippen LogP contribution in [-0.4, -0.2) is 36.6 Å². The number of piperidine rings is 1. The zero-order chi connectivity index (χ0) is 15.9. The van der Waals surface area contributed by atoms with Crippen LogP contribution in [0.3, 0.4) is 0 Å². The molecular formula is C18H29N3O. The number of rotatable bonds is 5. The van der Waals surface area contributed by atoms with Crippen LogP contribution in [0.5, 0.6) is 0 Å². The van der Waals surface area contributed by atoms with Gasteiger partial charge in [0.1, 0.15) is 0 Å². The number of carbonyl (C=O) groups is 1. The average molecular weight is 303 g/mol. The molecule has 0 atom stereocenters. The molecule has 0 unspecified atom stereocenters. The van der Waals surface area contributed by atoms with Crippen LogP contribution >= 0.6 is 0 Å². The quantitative estimate of drug-likeness (QED) is 0.878. The van der Waals surface area contributed by atoms with Gasteiger partial charge in [-0.25, -0.2) is 4.79 Å². The van der Waals surface area contributed by atoms with Crippen LogP contribution in [0.2, 0.25) is 0 Å². The second kappa shape index (κ2) is 8.18. The Kier molecular flexibility index (Phi) is 6.25. The Morgan fingerprint density at radius 1 is 1.23 bits per heavy atom. The zero-order valence-electron chi connectivity index (χ0n) is 14.1. The van der Waals surface area contributed by atoms with E-state index in [0.717, 1.165) is 38.0 Å². The van der Waals surface area contributed by atoms with E-state index in [2.05, 4.69) is 60.6 Å². The fourth-order valence-corrected chi connectivity index (χ4v) is 2.90. The van der Waals surface area contributed by atoms with Gasteiger partial charge in [-0.2, -0.15) is 0 Å². The number of hydrogen-bond acceptors (Lipinski definition) is 2. The van der Waals surface area contributed by atoms with E-state index in [-0.39, 0.29) is 6.03 Å². The molecule has 122 valence electrons. The van der Waals surface area contributed by atoms with Crippen LogP contribution < -0.4 is 10.6 Å². The van der Waals surface area contributed by atoms with Crippen molar-refractivity contribution in [2.75, 3.05) is 19.6 Å². The van der Waals surface area contributed by atoms with E-state index in [1.807, 2.05) is 0 Å². The summed E-state index contributed by atoms with van der Waals surface area (Å²) >= 11 is 0. The minimum atomic E-state index is -0.0529. The lowest BCUT2D eigenvalue weighted by molar-refractivity contribution is 0.178. The molecule has 0 bridgehead atoms. The SMILES string of the molecule is Cc1ccc(CNC(=O)NC2CCN(CC(C)C)CC2)cc1. The Morgan fingerprint density at radius 3 is 2.45 bits per heavy atom. The number of nitrogens with zero attached hydrogens (tertiary/aromatic N) is 1. The van der Waals surface area contributed by atoms with Crippen molar-refractivity contribution in [3.63, 3.8) is 0 Å². The summed E-state index contributed by atoms with van der Waals surface area (Å²) in [5.41, 5.74) is 2.37. The van der Waals surface area contributed by atoms with Gasteiger partial charge in [-0.15, -0.1) is 0 Å². The third-order valence-corrected chi connectivity index (χ3v) is 4.12. The second-order valence-electron chi connectivity index (χ2n) is 6.78. The van der Waals surface area contributed by atoms with Gasteiger partial charge >= 0.3 is 6.03 Å². The first-order valence-corrected chi connectivity index (χ1v) is 8.35. The lowest BCUT2D eigenvalue weighted by Gasteiger charge is -2.33. The Bertz CT molecular complexity index is 462. The average Bonchev–Trinajstić information content (AvgIpc) is 2.48. The van der Waals surface area contributed by atoms with E-state index in [1.54, 1.807) is 0 Å². The molecule has 1 heterocycles. The van der Waals surface area contributed by atoms with E-state index in [0.29, 0.717) is 18.5 Å². The normalized spacial score (nSPS) is 16.7. The second-order valence-corrected chi connectivity index (χ2v) is 6.78. The molecule has 22 heavy (non-hydrogen) atoms. The van der Waals surface area contributed by atoms with Gasteiger partial charge in [-0.3, -0.25) is 0 Å². The summed E-state index contributed by atoms with van der Waals surface area (Å²) in [6.07, 6.45) is 2.09. The van der Waals surface area contributed by atoms with Crippen molar-refractivity contribution in [2.24, 2.45) is 5.92 Å². The first kappa shape index (κ1) is 16.8. The highest BCUT2D eigenvalue weighted by molar-refractivity contribution is 5.74. The molecule has 2 rings (SSSR count). The third-order valence-electron chi connectivity index (χ3n) is 4.12. The summed E-state index contributed by atoms with van der Waals surface area (Å²) in [6, 6.07) is 8.50. The number of aryl methyl sites for hydroxylation is 1. The molecule has 0 saturated carbocycles. The third kappa shape index (κ3) is 5.68. The molecule has 0 spiro atoms. The van der Waals surface area contributed by atoms with Crippen molar-refractivity contribution >= 4 is 6.03 Å². The molecule has 0 radical (unpaired) electrons. The molecule has 1 aromatic rings. The Labute approximate surface area is 134 Å². The minimum absolute atomic E-state index is 0.0529. The molecule has 1 aliphatic heterocycles. The van der Waals surface area contributed by atoms with Gasteiger partial charge in [0, 0.05) is 32.2 Å². The summed E-state index contributed by atoms with van der Waals surface area (Å²) in [4.78, 5) is 14.5. The largest absolute Gasteiger partial charge is 0.335 e. The highest BCUT2D eigenvalue weighted by Crippen LogP contribution is 2.12. The Hall–Kier alpha value is -1.55. The van der Waals surface area contributed by atoms with Crippen LogP contribution in [-0.2, 0) is 6.54 Å². The summed E-state index contributed by atoms with van der Waals surface area (Å²) in [7, 11) is 0. The fourth-order valence-electron chi connectivity index (χ4n) is 2.90. The molecule has 4 heteroatoms. The lowest BCUT2D eigenvalue weighted by Crippen LogP contribution is -2.48. The molecular weight excluding hydrogens is 274 g/mol. The zero-order valence-corrected chi connectivity index (χ0v) is 14.1. The molecule has 0 aliphatic carbocycles.